The molecule has 0 bridgehead atoms. The highest BCUT2D eigenvalue weighted by Gasteiger charge is 2.37. The summed E-state index contributed by atoms with van der Waals surface area (Å²) in [5.74, 6) is -0.383. The van der Waals surface area contributed by atoms with E-state index < -0.39 is 34.9 Å². The molecule has 1 amide bonds. The minimum absolute atomic E-state index is 0.0843. The van der Waals surface area contributed by atoms with Gasteiger partial charge in [-0.2, -0.15) is 5.21 Å². The molecule has 0 atom stereocenters. The molecule has 5 N–H and O–H groups in total. The third-order valence-electron chi connectivity index (χ3n) is 6.14. The Morgan fingerprint density at radius 2 is 1.71 bits per heavy atom. The van der Waals surface area contributed by atoms with Gasteiger partial charge in [0.15, 0.2) is 9.84 Å². The monoisotopic (exact) mass is 503 g/mol. The molecular formula is C20H21N7O5S2. The SMILES string of the molecule is NS(=O)(=O)c1c(S(=O)(=O)C2CCNCC2)ccc(-c2cccc3c2CNC3=O)c1-c1nn[nH]n1. The fourth-order valence-corrected chi connectivity index (χ4v) is 7.94. The first-order valence-corrected chi connectivity index (χ1v) is 13.6. The molecule has 178 valence electrons. The number of sulfonamides is 1. The zero-order valence-electron chi connectivity index (χ0n) is 17.8. The molecule has 0 radical (unpaired) electrons. The number of nitrogens with one attached hydrogen (secondary N) is 3. The van der Waals surface area contributed by atoms with Crippen LogP contribution in [0.15, 0.2) is 40.1 Å². The summed E-state index contributed by atoms with van der Waals surface area (Å²) >= 11 is 0. The van der Waals surface area contributed by atoms with Crippen LogP contribution in [0.5, 0.6) is 0 Å². The van der Waals surface area contributed by atoms with E-state index in [0.717, 1.165) is 0 Å². The van der Waals surface area contributed by atoms with Crippen molar-refractivity contribution in [2.75, 3.05) is 13.1 Å². The summed E-state index contributed by atoms with van der Waals surface area (Å²) in [5, 5.41) is 24.4. The zero-order chi connectivity index (χ0) is 24.1. The van der Waals surface area contributed by atoms with E-state index in [1.807, 2.05) is 0 Å². The summed E-state index contributed by atoms with van der Waals surface area (Å²) in [6.07, 6.45) is 0.678. The Balaban J connectivity index is 1.84. The number of nitrogens with two attached hydrogens (primary N) is 1. The minimum atomic E-state index is -4.57. The largest absolute Gasteiger partial charge is 0.348 e. The number of tetrazole rings is 1. The van der Waals surface area contributed by atoms with Gasteiger partial charge in [-0.25, -0.2) is 22.0 Å². The second-order valence-electron chi connectivity index (χ2n) is 8.10. The van der Waals surface area contributed by atoms with Crippen LogP contribution >= 0.6 is 0 Å². The van der Waals surface area contributed by atoms with Crippen molar-refractivity contribution >= 4 is 25.8 Å². The van der Waals surface area contributed by atoms with Crippen LogP contribution in [0.3, 0.4) is 0 Å². The number of H-pyrrole nitrogens is 1. The van der Waals surface area contributed by atoms with E-state index in [-0.39, 0.29) is 23.8 Å². The lowest BCUT2D eigenvalue weighted by Crippen LogP contribution is -2.36. The number of fused-ring (bicyclic) bond motifs is 1. The first kappa shape index (κ1) is 22.6. The summed E-state index contributed by atoms with van der Waals surface area (Å²) < 4.78 is 53.0. The van der Waals surface area contributed by atoms with Gasteiger partial charge < -0.3 is 10.6 Å². The Hall–Kier alpha value is -3.20. The van der Waals surface area contributed by atoms with Crippen LogP contribution in [0, 0.1) is 0 Å². The Bertz CT molecular complexity index is 1500. The van der Waals surface area contributed by atoms with Crippen molar-refractivity contribution in [2.45, 2.75) is 34.4 Å². The molecule has 0 saturated carbocycles. The van der Waals surface area contributed by atoms with E-state index in [0.29, 0.717) is 48.2 Å². The molecule has 34 heavy (non-hydrogen) atoms. The molecule has 12 nitrogen and oxygen atoms in total. The minimum Gasteiger partial charge on any atom is -0.348 e. The molecule has 3 aromatic rings. The van der Waals surface area contributed by atoms with Gasteiger partial charge >= 0.3 is 0 Å². The predicted molar refractivity (Wildman–Crippen MR) is 121 cm³/mol. The average molecular weight is 504 g/mol. The van der Waals surface area contributed by atoms with Crippen molar-refractivity contribution in [1.82, 2.24) is 31.3 Å². The maximum atomic E-state index is 13.6. The Morgan fingerprint density at radius 1 is 0.971 bits per heavy atom. The highest BCUT2D eigenvalue weighted by atomic mass is 32.2. The van der Waals surface area contributed by atoms with Crippen LogP contribution in [-0.2, 0) is 26.4 Å². The number of hydrogen-bond acceptors (Lipinski definition) is 9. The van der Waals surface area contributed by atoms with Crippen molar-refractivity contribution in [2.24, 2.45) is 5.14 Å². The molecule has 5 rings (SSSR count). The Labute approximate surface area is 195 Å². The van der Waals surface area contributed by atoms with Crippen LogP contribution in [0.1, 0.15) is 28.8 Å². The van der Waals surface area contributed by atoms with Gasteiger partial charge in [0, 0.05) is 12.1 Å². The molecule has 0 aliphatic carbocycles. The number of carbonyl (C=O) groups is 1. The number of hydrogen-bond donors (Lipinski definition) is 4. The molecule has 0 spiro atoms. The Kier molecular flexibility index (Phi) is 5.47. The van der Waals surface area contributed by atoms with Crippen molar-refractivity contribution < 1.29 is 21.6 Å². The van der Waals surface area contributed by atoms with Crippen LogP contribution in [-0.4, -0.2) is 61.7 Å². The van der Waals surface area contributed by atoms with Crippen molar-refractivity contribution in [3.63, 3.8) is 0 Å². The van der Waals surface area contributed by atoms with Crippen LogP contribution in [0.25, 0.3) is 22.5 Å². The standard InChI is InChI=1S/C20H21N7O5S2/c21-34(31,32)18-16(33(29,30)11-6-8-22-9-7-11)5-4-13(17(18)19-24-26-27-25-19)12-2-1-3-14-15(12)10-23-20(14)28/h1-5,11,22H,6-10H2,(H,23,28)(H2,21,31,32)(H,24,25,26,27). The van der Waals surface area contributed by atoms with Crippen molar-refractivity contribution in [1.29, 1.82) is 0 Å². The third kappa shape index (κ3) is 3.68. The highest BCUT2D eigenvalue weighted by Crippen LogP contribution is 2.42. The quantitative estimate of drug-likeness (QED) is 0.370. The number of aromatic amines is 1. The number of piperidine rings is 1. The number of carbonyl (C=O) groups excluding carboxylic acids is 1. The molecule has 0 unspecified atom stereocenters. The van der Waals surface area contributed by atoms with E-state index in [1.165, 1.54) is 12.1 Å². The molecule has 2 aromatic carbocycles. The van der Waals surface area contributed by atoms with E-state index in [9.17, 15) is 21.6 Å². The van der Waals surface area contributed by atoms with Crippen molar-refractivity contribution in [3.05, 3.63) is 41.5 Å². The third-order valence-corrected chi connectivity index (χ3v) is 9.57. The summed E-state index contributed by atoms with van der Waals surface area (Å²) in [6, 6.07) is 7.80. The highest BCUT2D eigenvalue weighted by molar-refractivity contribution is 7.94. The molecule has 1 fully saturated rings. The molecule has 14 heteroatoms. The fraction of sp³-hybridized carbons (Fsp3) is 0.300. The van der Waals surface area contributed by atoms with E-state index >= 15 is 0 Å². The van der Waals surface area contributed by atoms with Crippen LogP contribution < -0.4 is 15.8 Å². The maximum absolute atomic E-state index is 13.6. The van der Waals surface area contributed by atoms with Gasteiger partial charge in [0.05, 0.1) is 15.7 Å². The number of rotatable bonds is 5. The van der Waals surface area contributed by atoms with Gasteiger partial charge in [0.1, 0.15) is 4.90 Å². The zero-order valence-corrected chi connectivity index (χ0v) is 19.4. The number of benzene rings is 2. The summed E-state index contributed by atoms with van der Waals surface area (Å²) in [6.45, 7) is 1.24. The second kappa shape index (κ2) is 8.23. The number of aromatic nitrogens is 4. The Morgan fingerprint density at radius 3 is 2.38 bits per heavy atom. The topological polar surface area (TPSA) is 190 Å². The first-order valence-electron chi connectivity index (χ1n) is 10.5. The maximum Gasteiger partial charge on any atom is 0.251 e. The number of primary sulfonamides is 1. The summed E-state index contributed by atoms with van der Waals surface area (Å²) in [4.78, 5) is 11.2. The lowest BCUT2D eigenvalue weighted by Gasteiger charge is -2.24. The lowest BCUT2D eigenvalue weighted by atomic mass is 9.93. The first-order chi connectivity index (χ1) is 16.2. The molecular weight excluding hydrogens is 482 g/mol. The molecule has 1 saturated heterocycles. The molecule has 2 aliphatic heterocycles. The average Bonchev–Trinajstić information content (AvgIpc) is 3.48. The normalized spacial score (nSPS) is 16.9. The number of sulfone groups is 1. The van der Waals surface area contributed by atoms with Gasteiger partial charge in [-0.1, -0.05) is 18.2 Å². The van der Waals surface area contributed by atoms with E-state index in [1.54, 1.807) is 18.2 Å². The summed E-state index contributed by atoms with van der Waals surface area (Å²) in [7, 11) is -8.63. The second-order valence-corrected chi connectivity index (χ2v) is 11.8. The van der Waals surface area contributed by atoms with Crippen LogP contribution in [0.4, 0.5) is 0 Å². The molecule has 2 aliphatic rings. The van der Waals surface area contributed by atoms with Gasteiger partial charge in [-0.3, -0.25) is 4.79 Å². The predicted octanol–water partition coefficient (Wildman–Crippen LogP) is -0.0498. The number of nitrogens with zero attached hydrogens (tertiary/aromatic N) is 3. The van der Waals surface area contributed by atoms with Gasteiger partial charge in [0.25, 0.3) is 5.91 Å². The number of amides is 1. The van der Waals surface area contributed by atoms with E-state index in [2.05, 4.69) is 31.3 Å². The smallest absolute Gasteiger partial charge is 0.251 e. The van der Waals surface area contributed by atoms with Gasteiger partial charge in [-0.05, 0) is 60.0 Å². The molecule has 3 heterocycles. The molecule has 1 aromatic heterocycles. The fourth-order valence-electron chi connectivity index (χ4n) is 4.58. The van der Waals surface area contributed by atoms with E-state index in [4.69, 9.17) is 5.14 Å². The van der Waals surface area contributed by atoms with Crippen LogP contribution in [0.2, 0.25) is 0 Å². The van der Waals surface area contributed by atoms with Gasteiger partial charge in [-0.15, -0.1) is 10.2 Å². The van der Waals surface area contributed by atoms with Crippen molar-refractivity contribution in [3.8, 4) is 22.5 Å². The summed E-state index contributed by atoms with van der Waals surface area (Å²) in [5.41, 5.74) is 1.86. The van der Waals surface area contributed by atoms with Gasteiger partial charge in [0.2, 0.25) is 15.8 Å². The lowest BCUT2D eigenvalue weighted by molar-refractivity contribution is 0.0965.